The molecule has 2 aromatic rings. The summed E-state index contributed by atoms with van der Waals surface area (Å²) in [6.07, 6.45) is 0.206. The maximum atomic E-state index is 12.7. The van der Waals surface area contributed by atoms with Crippen molar-refractivity contribution in [3.8, 4) is 11.5 Å². The third kappa shape index (κ3) is 4.06. The molecule has 0 bridgehead atoms. The molecule has 1 atom stereocenters. The van der Waals surface area contributed by atoms with E-state index < -0.39 is 5.92 Å². The topological polar surface area (TPSA) is 67.9 Å². The number of fused-ring (bicyclic) bond motifs is 1. The average Bonchev–Trinajstić information content (AvgIpc) is 3.09. The van der Waals surface area contributed by atoms with E-state index >= 15 is 0 Å². The number of anilines is 2. The Labute approximate surface area is 170 Å². The molecular formula is C23H26N2O4. The van der Waals surface area contributed by atoms with Crippen LogP contribution in [0.4, 0.5) is 11.4 Å². The normalized spacial score (nSPS) is 18.7. The molecular weight excluding hydrogens is 368 g/mol. The molecule has 0 aliphatic carbocycles. The highest BCUT2D eigenvalue weighted by Crippen LogP contribution is 2.33. The van der Waals surface area contributed by atoms with Crippen LogP contribution in [0.2, 0.25) is 0 Å². The quantitative estimate of drug-likeness (QED) is 0.861. The molecule has 4 rings (SSSR count). The first-order valence-corrected chi connectivity index (χ1v) is 9.93. The summed E-state index contributed by atoms with van der Waals surface area (Å²) in [6.45, 7) is 7.85. The van der Waals surface area contributed by atoms with Gasteiger partial charge in [0.1, 0.15) is 13.2 Å². The minimum absolute atomic E-state index is 0.0316. The standard InChI is InChI=1S/C23H26N2O4/c1-23(2,3)16-4-7-18(8-5-16)25-14-15(12-21(25)26)22(27)24-17-6-9-19-20(13-17)29-11-10-28-19/h4-9,13,15H,10-12,14H2,1-3H3,(H,24,27). The number of carbonyl (C=O) groups is 2. The summed E-state index contributed by atoms with van der Waals surface area (Å²) in [7, 11) is 0. The number of amides is 2. The first kappa shape index (κ1) is 19.3. The number of nitrogens with zero attached hydrogens (tertiary/aromatic N) is 1. The second kappa shape index (κ2) is 7.43. The molecule has 0 spiro atoms. The van der Waals surface area contributed by atoms with E-state index in [4.69, 9.17) is 9.47 Å². The highest BCUT2D eigenvalue weighted by Gasteiger charge is 2.35. The maximum Gasteiger partial charge on any atom is 0.229 e. The summed E-state index contributed by atoms with van der Waals surface area (Å²) in [5.74, 6) is 0.713. The van der Waals surface area contributed by atoms with Crippen LogP contribution < -0.4 is 19.7 Å². The maximum absolute atomic E-state index is 12.7. The average molecular weight is 394 g/mol. The van der Waals surface area contributed by atoms with Crippen molar-refractivity contribution >= 4 is 23.2 Å². The molecule has 6 nitrogen and oxygen atoms in total. The predicted molar refractivity (Wildman–Crippen MR) is 112 cm³/mol. The highest BCUT2D eigenvalue weighted by atomic mass is 16.6. The van der Waals surface area contributed by atoms with Crippen molar-refractivity contribution < 1.29 is 19.1 Å². The molecule has 2 aromatic carbocycles. The van der Waals surface area contributed by atoms with E-state index in [0.717, 1.165) is 5.69 Å². The minimum Gasteiger partial charge on any atom is -0.486 e. The van der Waals surface area contributed by atoms with Gasteiger partial charge in [-0.25, -0.2) is 0 Å². The Kier molecular flexibility index (Phi) is 4.94. The molecule has 0 aromatic heterocycles. The van der Waals surface area contributed by atoms with Crippen molar-refractivity contribution in [3.63, 3.8) is 0 Å². The number of ether oxygens (including phenoxy) is 2. The van der Waals surface area contributed by atoms with Gasteiger partial charge in [-0.2, -0.15) is 0 Å². The fourth-order valence-corrected chi connectivity index (χ4v) is 3.64. The Morgan fingerprint density at radius 1 is 1.03 bits per heavy atom. The zero-order chi connectivity index (χ0) is 20.6. The van der Waals surface area contributed by atoms with Gasteiger partial charge in [-0.05, 0) is 35.2 Å². The molecule has 1 fully saturated rings. The lowest BCUT2D eigenvalue weighted by Gasteiger charge is -2.22. The molecule has 2 heterocycles. The summed E-state index contributed by atoms with van der Waals surface area (Å²) in [6, 6.07) is 13.3. The van der Waals surface area contributed by atoms with Gasteiger partial charge in [-0.3, -0.25) is 9.59 Å². The Hall–Kier alpha value is -3.02. The van der Waals surface area contributed by atoms with Gasteiger partial charge in [0.2, 0.25) is 11.8 Å². The van der Waals surface area contributed by atoms with Crippen LogP contribution in [0.1, 0.15) is 32.8 Å². The Bertz CT molecular complexity index is 931. The molecule has 2 amide bonds. The molecule has 6 heteroatoms. The lowest BCUT2D eigenvalue weighted by molar-refractivity contribution is -0.122. The Balaban J connectivity index is 1.43. The van der Waals surface area contributed by atoms with E-state index in [1.165, 1.54) is 5.56 Å². The van der Waals surface area contributed by atoms with Gasteiger partial charge in [0.15, 0.2) is 11.5 Å². The number of carbonyl (C=O) groups excluding carboxylic acids is 2. The minimum atomic E-state index is -0.391. The van der Waals surface area contributed by atoms with Crippen molar-refractivity contribution in [1.82, 2.24) is 0 Å². The SMILES string of the molecule is CC(C)(C)c1ccc(N2CC(C(=O)Nc3ccc4c(c3)OCCO4)CC2=O)cc1. The van der Waals surface area contributed by atoms with Crippen LogP contribution in [0.15, 0.2) is 42.5 Å². The van der Waals surface area contributed by atoms with Gasteiger partial charge in [0.05, 0.1) is 5.92 Å². The molecule has 29 heavy (non-hydrogen) atoms. The zero-order valence-corrected chi connectivity index (χ0v) is 17.0. The van der Waals surface area contributed by atoms with Crippen LogP contribution in [-0.4, -0.2) is 31.6 Å². The summed E-state index contributed by atoms with van der Waals surface area (Å²) < 4.78 is 11.1. The first-order valence-electron chi connectivity index (χ1n) is 9.93. The van der Waals surface area contributed by atoms with Crippen LogP contribution in [0, 0.1) is 5.92 Å². The van der Waals surface area contributed by atoms with Crippen molar-refractivity contribution in [2.45, 2.75) is 32.6 Å². The van der Waals surface area contributed by atoms with Gasteiger partial charge in [0, 0.05) is 30.4 Å². The van der Waals surface area contributed by atoms with E-state index in [-0.39, 0.29) is 23.7 Å². The van der Waals surface area contributed by atoms with Crippen LogP contribution in [0.25, 0.3) is 0 Å². The number of hydrogen-bond donors (Lipinski definition) is 1. The number of nitrogens with one attached hydrogen (secondary N) is 1. The number of hydrogen-bond acceptors (Lipinski definition) is 4. The molecule has 0 saturated carbocycles. The molecule has 0 radical (unpaired) electrons. The number of rotatable bonds is 3. The fourth-order valence-electron chi connectivity index (χ4n) is 3.64. The summed E-state index contributed by atoms with van der Waals surface area (Å²) >= 11 is 0. The van der Waals surface area contributed by atoms with E-state index in [9.17, 15) is 9.59 Å². The lowest BCUT2D eigenvalue weighted by atomic mass is 9.87. The van der Waals surface area contributed by atoms with Gasteiger partial charge in [-0.1, -0.05) is 32.9 Å². The van der Waals surface area contributed by atoms with Gasteiger partial charge in [0.25, 0.3) is 0 Å². The van der Waals surface area contributed by atoms with E-state index in [1.54, 1.807) is 23.1 Å². The van der Waals surface area contributed by atoms with Crippen molar-refractivity contribution in [2.24, 2.45) is 5.92 Å². The van der Waals surface area contributed by atoms with Crippen LogP contribution in [-0.2, 0) is 15.0 Å². The fraction of sp³-hybridized carbons (Fsp3) is 0.391. The first-order chi connectivity index (χ1) is 13.8. The monoisotopic (exact) mass is 394 g/mol. The van der Waals surface area contributed by atoms with Crippen LogP contribution >= 0.6 is 0 Å². The Morgan fingerprint density at radius 3 is 2.41 bits per heavy atom. The van der Waals surface area contributed by atoms with Crippen LogP contribution in [0.3, 0.4) is 0 Å². The van der Waals surface area contributed by atoms with Crippen LogP contribution in [0.5, 0.6) is 11.5 Å². The second-order valence-corrected chi connectivity index (χ2v) is 8.55. The molecule has 1 N–H and O–H groups in total. The molecule has 1 saturated heterocycles. The van der Waals surface area contributed by atoms with Gasteiger partial charge in [-0.15, -0.1) is 0 Å². The number of benzene rings is 2. The molecule has 152 valence electrons. The van der Waals surface area contributed by atoms with E-state index in [1.807, 2.05) is 24.3 Å². The van der Waals surface area contributed by atoms with E-state index in [2.05, 4.69) is 26.1 Å². The third-order valence-corrected chi connectivity index (χ3v) is 5.35. The van der Waals surface area contributed by atoms with Gasteiger partial charge < -0.3 is 19.7 Å². The van der Waals surface area contributed by atoms with Crippen molar-refractivity contribution in [1.29, 1.82) is 0 Å². The summed E-state index contributed by atoms with van der Waals surface area (Å²) in [5.41, 5.74) is 2.73. The van der Waals surface area contributed by atoms with E-state index in [0.29, 0.717) is 36.9 Å². The largest absolute Gasteiger partial charge is 0.486 e. The lowest BCUT2D eigenvalue weighted by Crippen LogP contribution is -2.28. The van der Waals surface area contributed by atoms with Crippen molar-refractivity contribution in [3.05, 3.63) is 48.0 Å². The van der Waals surface area contributed by atoms with Gasteiger partial charge >= 0.3 is 0 Å². The smallest absolute Gasteiger partial charge is 0.229 e. The molecule has 2 aliphatic heterocycles. The molecule has 2 aliphatic rings. The predicted octanol–water partition coefficient (Wildman–Crippen LogP) is 3.75. The summed E-state index contributed by atoms with van der Waals surface area (Å²) in [5, 5.41) is 2.90. The highest BCUT2D eigenvalue weighted by molar-refractivity contribution is 6.03. The summed E-state index contributed by atoms with van der Waals surface area (Å²) in [4.78, 5) is 26.9. The molecule has 1 unspecified atom stereocenters. The zero-order valence-electron chi connectivity index (χ0n) is 17.0. The van der Waals surface area contributed by atoms with Crippen molar-refractivity contribution in [2.75, 3.05) is 30.0 Å². The third-order valence-electron chi connectivity index (χ3n) is 5.35. The second-order valence-electron chi connectivity index (χ2n) is 8.55. The Morgan fingerprint density at radius 2 is 1.72 bits per heavy atom.